The fourth-order valence-electron chi connectivity index (χ4n) is 3.15. The first-order chi connectivity index (χ1) is 9.36. The SMILES string of the molecule is CCC1CCNC(c2nc(N3CCCCC3)no2)C1. The molecule has 2 fully saturated rings. The summed E-state index contributed by atoms with van der Waals surface area (Å²) in [5.74, 6) is 2.35. The van der Waals surface area contributed by atoms with E-state index in [1.807, 2.05) is 0 Å². The predicted octanol–water partition coefficient (Wildman–Crippen LogP) is 2.51. The summed E-state index contributed by atoms with van der Waals surface area (Å²) < 4.78 is 5.48. The van der Waals surface area contributed by atoms with Gasteiger partial charge in [0.15, 0.2) is 0 Å². The van der Waals surface area contributed by atoms with Crippen LogP contribution in [0.5, 0.6) is 0 Å². The molecule has 0 spiro atoms. The van der Waals surface area contributed by atoms with Crippen molar-refractivity contribution in [2.75, 3.05) is 24.5 Å². The van der Waals surface area contributed by atoms with Crippen LogP contribution in [-0.4, -0.2) is 29.8 Å². The molecule has 3 heterocycles. The van der Waals surface area contributed by atoms with Crippen LogP contribution in [0.2, 0.25) is 0 Å². The molecule has 1 aromatic heterocycles. The van der Waals surface area contributed by atoms with Crippen molar-refractivity contribution in [2.45, 2.75) is 51.5 Å². The molecule has 0 radical (unpaired) electrons. The zero-order valence-electron chi connectivity index (χ0n) is 11.8. The van der Waals surface area contributed by atoms with Crippen LogP contribution >= 0.6 is 0 Å². The van der Waals surface area contributed by atoms with Gasteiger partial charge in [0.25, 0.3) is 5.95 Å². The maximum Gasteiger partial charge on any atom is 0.266 e. The second kappa shape index (κ2) is 5.90. The molecular formula is C14H24N4O. The molecule has 0 aromatic carbocycles. The second-order valence-corrected chi connectivity index (χ2v) is 5.79. The Bertz CT molecular complexity index is 400. The highest BCUT2D eigenvalue weighted by Gasteiger charge is 2.27. The predicted molar refractivity (Wildman–Crippen MR) is 74.1 cm³/mol. The molecule has 2 saturated heterocycles. The third kappa shape index (κ3) is 2.91. The summed E-state index contributed by atoms with van der Waals surface area (Å²) in [5.41, 5.74) is 0. The molecule has 106 valence electrons. The molecule has 0 aliphatic carbocycles. The number of nitrogens with zero attached hydrogens (tertiary/aromatic N) is 3. The molecule has 5 nitrogen and oxygen atoms in total. The summed E-state index contributed by atoms with van der Waals surface area (Å²) in [6, 6.07) is 0.254. The van der Waals surface area contributed by atoms with E-state index in [2.05, 4.69) is 27.3 Å². The number of anilines is 1. The fraction of sp³-hybridized carbons (Fsp3) is 0.857. The Morgan fingerprint density at radius 2 is 2.16 bits per heavy atom. The van der Waals surface area contributed by atoms with E-state index < -0.39 is 0 Å². The zero-order valence-corrected chi connectivity index (χ0v) is 11.8. The van der Waals surface area contributed by atoms with Crippen molar-refractivity contribution < 1.29 is 4.52 Å². The van der Waals surface area contributed by atoms with E-state index in [-0.39, 0.29) is 6.04 Å². The Labute approximate surface area is 114 Å². The van der Waals surface area contributed by atoms with Crippen molar-refractivity contribution in [1.29, 1.82) is 0 Å². The summed E-state index contributed by atoms with van der Waals surface area (Å²) in [6.45, 7) is 5.45. The number of nitrogens with one attached hydrogen (secondary N) is 1. The summed E-state index contributed by atoms with van der Waals surface area (Å²) >= 11 is 0. The van der Waals surface area contributed by atoms with E-state index in [0.29, 0.717) is 0 Å². The smallest absolute Gasteiger partial charge is 0.266 e. The van der Waals surface area contributed by atoms with Crippen molar-refractivity contribution in [3.63, 3.8) is 0 Å². The van der Waals surface area contributed by atoms with Crippen molar-refractivity contribution in [2.24, 2.45) is 5.92 Å². The summed E-state index contributed by atoms with van der Waals surface area (Å²) in [4.78, 5) is 6.86. The minimum atomic E-state index is 0.254. The first-order valence-corrected chi connectivity index (χ1v) is 7.68. The number of rotatable bonds is 3. The van der Waals surface area contributed by atoms with Crippen molar-refractivity contribution >= 4 is 5.95 Å². The first kappa shape index (κ1) is 12.9. The fourth-order valence-corrected chi connectivity index (χ4v) is 3.15. The van der Waals surface area contributed by atoms with E-state index in [9.17, 15) is 0 Å². The van der Waals surface area contributed by atoms with Gasteiger partial charge in [0, 0.05) is 13.1 Å². The molecule has 2 unspecified atom stereocenters. The maximum atomic E-state index is 5.48. The second-order valence-electron chi connectivity index (χ2n) is 5.79. The van der Waals surface area contributed by atoms with Gasteiger partial charge in [-0.05, 0) is 49.7 Å². The Balaban J connectivity index is 1.66. The van der Waals surface area contributed by atoms with Gasteiger partial charge in [-0.1, -0.05) is 13.3 Å². The van der Waals surface area contributed by atoms with E-state index in [1.54, 1.807) is 0 Å². The van der Waals surface area contributed by atoms with Crippen LogP contribution in [0.15, 0.2) is 4.52 Å². The van der Waals surface area contributed by atoms with Gasteiger partial charge in [0.2, 0.25) is 5.89 Å². The van der Waals surface area contributed by atoms with Gasteiger partial charge < -0.3 is 14.7 Å². The average molecular weight is 264 g/mol. The molecular weight excluding hydrogens is 240 g/mol. The minimum absolute atomic E-state index is 0.254. The molecule has 0 amide bonds. The third-order valence-electron chi connectivity index (χ3n) is 4.46. The van der Waals surface area contributed by atoms with Crippen LogP contribution in [-0.2, 0) is 0 Å². The third-order valence-corrected chi connectivity index (χ3v) is 4.46. The molecule has 2 aliphatic rings. The normalized spacial score (nSPS) is 28.6. The molecule has 3 rings (SSSR count). The van der Waals surface area contributed by atoms with Crippen molar-refractivity contribution in [3.8, 4) is 0 Å². The van der Waals surface area contributed by atoms with Gasteiger partial charge in [-0.3, -0.25) is 0 Å². The minimum Gasteiger partial charge on any atom is -0.338 e. The topological polar surface area (TPSA) is 54.2 Å². The van der Waals surface area contributed by atoms with Crippen LogP contribution < -0.4 is 10.2 Å². The average Bonchev–Trinajstić information content (AvgIpc) is 2.98. The Hall–Kier alpha value is -1.10. The van der Waals surface area contributed by atoms with E-state index in [0.717, 1.165) is 43.8 Å². The van der Waals surface area contributed by atoms with Crippen LogP contribution in [0.3, 0.4) is 0 Å². The maximum absolute atomic E-state index is 5.48. The van der Waals surface area contributed by atoms with Gasteiger partial charge >= 0.3 is 0 Å². The van der Waals surface area contributed by atoms with Crippen molar-refractivity contribution in [3.05, 3.63) is 5.89 Å². The lowest BCUT2D eigenvalue weighted by Gasteiger charge is -2.27. The summed E-state index contributed by atoms with van der Waals surface area (Å²) in [7, 11) is 0. The molecule has 2 aliphatic heterocycles. The molecule has 5 heteroatoms. The van der Waals surface area contributed by atoms with E-state index in [4.69, 9.17) is 4.52 Å². The zero-order chi connectivity index (χ0) is 13.1. The van der Waals surface area contributed by atoms with Gasteiger partial charge in [0.05, 0.1) is 6.04 Å². The van der Waals surface area contributed by atoms with Crippen molar-refractivity contribution in [1.82, 2.24) is 15.5 Å². The highest BCUT2D eigenvalue weighted by molar-refractivity contribution is 5.28. The highest BCUT2D eigenvalue weighted by atomic mass is 16.5. The number of hydrogen-bond acceptors (Lipinski definition) is 5. The van der Waals surface area contributed by atoms with E-state index >= 15 is 0 Å². The molecule has 1 aromatic rings. The number of hydrogen-bond donors (Lipinski definition) is 1. The lowest BCUT2D eigenvalue weighted by atomic mass is 9.90. The molecule has 0 bridgehead atoms. The van der Waals surface area contributed by atoms with E-state index in [1.165, 1.54) is 32.1 Å². The summed E-state index contributed by atoms with van der Waals surface area (Å²) in [5, 5.41) is 7.67. The van der Waals surface area contributed by atoms with Gasteiger partial charge in [-0.2, -0.15) is 4.98 Å². The van der Waals surface area contributed by atoms with Crippen LogP contribution in [0.1, 0.15) is 57.4 Å². The Kier molecular flexibility index (Phi) is 4.01. The lowest BCUT2D eigenvalue weighted by molar-refractivity contribution is 0.246. The van der Waals surface area contributed by atoms with Crippen LogP contribution in [0, 0.1) is 5.92 Å². The van der Waals surface area contributed by atoms with Crippen LogP contribution in [0.4, 0.5) is 5.95 Å². The lowest BCUT2D eigenvalue weighted by Crippen LogP contribution is -2.32. The number of aromatic nitrogens is 2. The molecule has 2 atom stereocenters. The highest BCUT2D eigenvalue weighted by Crippen LogP contribution is 2.29. The molecule has 19 heavy (non-hydrogen) atoms. The summed E-state index contributed by atoms with van der Waals surface area (Å²) in [6.07, 6.45) is 7.43. The van der Waals surface area contributed by atoms with Gasteiger partial charge in [-0.15, -0.1) is 0 Å². The largest absolute Gasteiger partial charge is 0.338 e. The quantitative estimate of drug-likeness (QED) is 0.909. The van der Waals surface area contributed by atoms with Gasteiger partial charge in [0.1, 0.15) is 0 Å². The number of piperidine rings is 2. The van der Waals surface area contributed by atoms with Crippen LogP contribution in [0.25, 0.3) is 0 Å². The first-order valence-electron chi connectivity index (χ1n) is 7.68. The Morgan fingerprint density at radius 1 is 1.32 bits per heavy atom. The Morgan fingerprint density at radius 3 is 2.95 bits per heavy atom. The van der Waals surface area contributed by atoms with Gasteiger partial charge in [-0.25, -0.2) is 0 Å². The molecule has 1 N–H and O–H groups in total. The standard InChI is InChI=1S/C14H24N4O/c1-2-11-6-7-15-12(10-11)13-16-14(17-19-13)18-8-4-3-5-9-18/h11-12,15H,2-10H2,1H3. The monoisotopic (exact) mass is 264 g/mol. The molecule has 0 saturated carbocycles.